The largest absolute Gasteiger partial charge is 0.495 e. The molecular formula is C19H18Cl3N3O4. The third-order valence-corrected chi connectivity index (χ3v) is 4.24. The molecule has 0 aliphatic carbocycles. The predicted octanol–water partition coefficient (Wildman–Crippen LogP) is 4.56. The van der Waals surface area contributed by atoms with Gasteiger partial charge in [-0.05, 0) is 43.3 Å². The molecule has 2 aromatic rings. The lowest BCUT2D eigenvalue weighted by Crippen LogP contribution is -2.26. The van der Waals surface area contributed by atoms with Crippen LogP contribution >= 0.6 is 34.8 Å². The molecule has 0 unspecified atom stereocenters. The van der Waals surface area contributed by atoms with Crippen molar-refractivity contribution in [1.29, 1.82) is 0 Å². The highest BCUT2D eigenvalue weighted by molar-refractivity contribution is 6.35. The molecule has 0 bridgehead atoms. The van der Waals surface area contributed by atoms with E-state index in [0.29, 0.717) is 32.9 Å². The summed E-state index contributed by atoms with van der Waals surface area (Å²) in [6.07, 6.45) is -0.0418. The molecule has 2 N–H and O–H groups in total. The highest BCUT2D eigenvalue weighted by Gasteiger charge is 2.10. The van der Waals surface area contributed by atoms with E-state index in [-0.39, 0.29) is 24.0 Å². The number of methoxy groups -OCH3 is 1. The summed E-state index contributed by atoms with van der Waals surface area (Å²) in [5, 5.41) is 7.77. The molecule has 0 heterocycles. The standard InChI is InChI=1S/C19H18Cl3N3O4/c1-11(7-18(26)23-15-9-13(21)4-6-17(15)28-2)24-25-19(27)10-29-16-5-3-12(20)8-14(16)22/h3-6,8-9H,7,10H2,1-2H3,(H,23,26)(H,25,27)/b24-11+. The maximum Gasteiger partial charge on any atom is 0.277 e. The highest BCUT2D eigenvalue weighted by atomic mass is 35.5. The number of carbonyl (C=O) groups is 2. The molecule has 2 rings (SSSR count). The molecule has 154 valence electrons. The van der Waals surface area contributed by atoms with Crippen molar-refractivity contribution in [3.05, 3.63) is 51.5 Å². The molecule has 0 atom stereocenters. The Balaban J connectivity index is 1.83. The lowest BCUT2D eigenvalue weighted by atomic mass is 10.2. The van der Waals surface area contributed by atoms with Gasteiger partial charge in [-0.3, -0.25) is 9.59 Å². The highest BCUT2D eigenvalue weighted by Crippen LogP contribution is 2.28. The second kappa shape index (κ2) is 10.9. The van der Waals surface area contributed by atoms with E-state index in [1.165, 1.54) is 13.2 Å². The number of nitrogens with zero attached hydrogens (tertiary/aromatic N) is 1. The van der Waals surface area contributed by atoms with Crippen LogP contribution in [0.3, 0.4) is 0 Å². The van der Waals surface area contributed by atoms with Crippen LogP contribution < -0.4 is 20.2 Å². The van der Waals surface area contributed by atoms with Gasteiger partial charge in [0.2, 0.25) is 5.91 Å². The molecular weight excluding hydrogens is 441 g/mol. The maximum atomic E-state index is 12.2. The Morgan fingerprint density at radius 2 is 1.66 bits per heavy atom. The average molecular weight is 459 g/mol. The van der Waals surface area contributed by atoms with Gasteiger partial charge in [-0.1, -0.05) is 34.8 Å². The van der Waals surface area contributed by atoms with Crippen molar-refractivity contribution in [2.24, 2.45) is 5.10 Å². The topological polar surface area (TPSA) is 89.0 Å². The summed E-state index contributed by atoms with van der Waals surface area (Å²) < 4.78 is 10.5. The average Bonchev–Trinajstić information content (AvgIpc) is 2.65. The van der Waals surface area contributed by atoms with Gasteiger partial charge in [0.1, 0.15) is 11.5 Å². The Hall–Kier alpha value is -2.48. The number of carbonyl (C=O) groups excluding carboxylic acids is 2. The normalized spacial score (nSPS) is 11.0. The number of anilines is 1. The van der Waals surface area contributed by atoms with Gasteiger partial charge in [-0.15, -0.1) is 0 Å². The molecule has 0 fully saturated rings. The number of hydrogen-bond acceptors (Lipinski definition) is 5. The van der Waals surface area contributed by atoms with Gasteiger partial charge in [-0.2, -0.15) is 5.10 Å². The first-order chi connectivity index (χ1) is 13.8. The number of hydrogen-bond donors (Lipinski definition) is 2. The van der Waals surface area contributed by atoms with Gasteiger partial charge >= 0.3 is 0 Å². The molecule has 0 aliphatic heterocycles. The third kappa shape index (κ3) is 7.45. The summed E-state index contributed by atoms with van der Waals surface area (Å²) in [4.78, 5) is 24.0. The molecule has 7 nitrogen and oxygen atoms in total. The number of benzene rings is 2. The van der Waals surface area contributed by atoms with Crippen LogP contribution in [-0.4, -0.2) is 31.2 Å². The van der Waals surface area contributed by atoms with Crippen molar-refractivity contribution in [2.45, 2.75) is 13.3 Å². The van der Waals surface area contributed by atoms with Gasteiger partial charge in [-0.25, -0.2) is 5.43 Å². The van der Waals surface area contributed by atoms with Gasteiger partial charge in [0.25, 0.3) is 5.91 Å². The summed E-state index contributed by atoms with van der Waals surface area (Å²) in [5.41, 5.74) is 3.14. The zero-order valence-corrected chi connectivity index (χ0v) is 17.9. The lowest BCUT2D eigenvalue weighted by molar-refractivity contribution is -0.123. The van der Waals surface area contributed by atoms with Crippen molar-refractivity contribution in [2.75, 3.05) is 19.0 Å². The van der Waals surface area contributed by atoms with E-state index >= 15 is 0 Å². The van der Waals surface area contributed by atoms with Crippen LogP contribution in [0.2, 0.25) is 15.1 Å². The van der Waals surface area contributed by atoms with Crippen LogP contribution in [0.5, 0.6) is 11.5 Å². The second-order valence-electron chi connectivity index (χ2n) is 5.82. The van der Waals surface area contributed by atoms with Crippen LogP contribution in [0.25, 0.3) is 0 Å². The zero-order valence-electron chi connectivity index (χ0n) is 15.6. The Morgan fingerprint density at radius 1 is 1.00 bits per heavy atom. The minimum absolute atomic E-state index is 0.0418. The molecule has 10 heteroatoms. The third-order valence-electron chi connectivity index (χ3n) is 3.48. The van der Waals surface area contributed by atoms with E-state index in [1.54, 1.807) is 37.3 Å². The molecule has 0 spiro atoms. The van der Waals surface area contributed by atoms with E-state index in [0.717, 1.165) is 0 Å². The van der Waals surface area contributed by atoms with Crippen molar-refractivity contribution in [3.8, 4) is 11.5 Å². The molecule has 0 aliphatic rings. The minimum Gasteiger partial charge on any atom is -0.495 e. The second-order valence-corrected chi connectivity index (χ2v) is 7.10. The quantitative estimate of drug-likeness (QED) is 0.448. The van der Waals surface area contributed by atoms with Crippen molar-refractivity contribution in [3.63, 3.8) is 0 Å². The molecule has 0 saturated heterocycles. The van der Waals surface area contributed by atoms with Crippen LogP contribution in [0, 0.1) is 0 Å². The fraction of sp³-hybridized carbons (Fsp3) is 0.211. The Labute approximate surface area is 182 Å². The Kier molecular flexibility index (Phi) is 8.57. The van der Waals surface area contributed by atoms with Gasteiger partial charge in [0, 0.05) is 15.8 Å². The van der Waals surface area contributed by atoms with Crippen LogP contribution in [-0.2, 0) is 9.59 Å². The molecule has 29 heavy (non-hydrogen) atoms. The molecule has 2 aromatic carbocycles. The van der Waals surface area contributed by atoms with Crippen molar-refractivity contribution >= 4 is 58.0 Å². The van der Waals surface area contributed by atoms with Crippen molar-refractivity contribution < 1.29 is 19.1 Å². The summed E-state index contributed by atoms with van der Waals surface area (Å²) in [6.45, 7) is 1.30. The molecule has 0 aromatic heterocycles. The van der Waals surface area contributed by atoms with Gasteiger partial charge in [0.15, 0.2) is 6.61 Å². The Morgan fingerprint density at radius 3 is 2.31 bits per heavy atom. The maximum absolute atomic E-state index is 12.2. The first-order valence-electron chi connectivity index (χ1n) is 8.31. The number of hydrazone groups is 1. The van der Waals surface area contributed by atoms with E-state index in [9.17, 15) is 9.59 Å². The molecule has 0 radical (unpaired) electrons. The number of halogens is 3. The summed E-state index contributed by atoms with van der Waals surface area (Å²) in [5.74, 6) is -0.0528. The van der Waals surface area contributed by atoms with Crippen LogP contribution in [0.15, 0.2) is 41.5 Å². The summed E-state index contributed by atoms with van der Waals surface area (Å²) in [6, 6.07) is 9.53. The molecule has 2 amide bonds. The summed E-state index contributed by atoms with van der Waals surface area (Å²) in [7, 11) is 1.49. The smallest absolute Gasteiger partial charge is 0.277 e. The number of ether oxygens (including phenoxy) is 2. The lowest BCUT2D eigenvalue weighted by Gasteiger charge is -2.10. The SMILES string of the molecule is COc1ccc(Cl)cc1NC(=O)C/C(C)=N/NC(=O)COc1ccc(Cl)cc1Cl. The zero-order chi connectivity index (χ0) is 21.4. The number of rotatable bonds is 8. The number of nitrogens with one attached hydrogen (secondary N) is 2. The van der Waals surface area contributed by atoms with Crippen LogP contribution in [0.1, 0.15) is 13.3 Å². The van der Waals surface area contributed by atoms with Gasteiger partial charge in [0.05, 0.1) is 24.2 Å². The van der Waals surface area contributed by atoms with Crippen LogP contribution in [0.4, 0.5) is 5.69 Å². The van der Waals surface area contributed by atoms with E-state index in [4.69, 9.17) is 44.3 Å². The Bertz CT molecular complexity index is 935. The van der Waals surface area contributed by atoms with Gasteiger partial charge < -0.3 is 14.8 Å². The first kappa shape index (κ1) is 22.8. The minimum atomic E-state index is -0.507. The van der Waals surface area contributed by atoms with E-state index in [1.807, 2.05) is 0 Å². The van der Waals surface area contributed by atoms with E-state index < -0.39 is 5.91 Å². The predicted molar refractivity (Wildman–Crippen MR) is 114 cm³/mol. The monoisotopic (exact) mass is 457 g/mol. The summed E-state index contributed by atoms with van der Waals surface area (Å²) >= 11 is 17.7. The first-order valence-corrected chi connectivity index (χ1v) is 9.45. The van der Waals surface area contributed by atoms with E-state index in [2.05, 4.69) is 15.8 Å². The number of amides is 2. The van der Waals surface area contributed by atoms with Crippen molar-refractivity contribution in [1.82, 2.24) is 5.43 Å². The fourth-order valence-electron chi connectivity index (χ4n) is 2.17. The fourth-order valence-corrected chi connectivity index (χ4v) is 2.80. The molecule has 0 saturated carbocycles.